The van der Waals surface area contributed by atoms with E-state index in [9.17, 15) is 15.2 Å². The molecular formula is C7H7BrN2O3. The summed E-state index contributed by atoms with van der Waals surface area (Å²) >= 11 is 3.12. The average Bonchev–Trinajstić information content (AvgIpc) is 2.04. The van der Waals surface area contributed by atoms with Crippen LogP contribution in [0.2, 0.25) is 0 Å². The number of aromatic nitrogens is 1. The minimum absolute atomic E-state index is 0.444. The predicted molar refractivity (Wildman–Crippen MR) is 48.8 cm³/mol. The largest absolute Gasteiger partial charge is 0.381 e. The second kappa shape index (κ2) is 4.29. The molecule has 6 heteroatoms. The quantitative estimate of drug-likeness (QED) is 0.493. The molecule has 13 heavy (non-hydrogen) atoms. The van der Waals surface area contributed by atoms with Gasteiger partial charge in [0.25, 0.3) is 0 Å². The highest BCUT2D eigenvalue weighted by atomic mass is 79.9. The Morgan fingerprint density at radius 2 is 2.38 bits per heavy atom. The van der Waals surface area contributed by atoms with E-state index in [-0.39, 0.29) is 0 Å². The summed E-state index contributed by atoms with van der Waals surface area (Å²) in [4.78, 5) is 13.3. The maximum atomic E-state index is 10.1. The first-order valence-electron chi connectivity index (χ1n) is 3.51. The molecule has 0 radical (unpaired) electrons. The van der Waals surface area contributed by atoms with Crippen LogP contribution in [-0.4, -0.2) is 21.6 Å². The molecule has 1 atom stereocenters. The molecule has 0 aromatic carbocycles. The van der Waals surface area contributed by atoms with Crippen LogP contribution in [0.4, 0.5) is 0 Å². The molecule has 0 aliphatic rings. The fourth-order valence-electron chi connectivity index (χ4n) is 0.831. The molecule has 0 fully saturated rings. The zero-order chi connectivity index (χ0) is 9.84. The lowest BCUT2D eigenvalue weighted by atomic mass is 10.2. The van der Waals surface area contributed by atoms with E-state index in [0.29, 0.717) is 10.2 Å². The minimum atomic E-state index is -1.09. The van der Waals surface area contributed by atoms with Gasteiger partial charge in [-0.25, -0.2) is 4.98 Å². The lowest BCUT2D eigenvalue weighted by Crippen LogP contribution is -2.11. The van der Waals surface area contributed by atoms with E-state index in [1.807, 2.05) is 0 Å². The molecule has 5 nitrogen and oxygen atoms in total. The lowest BCUT2D eigenvalue weighted by molar-refractivity contribution is -0.491. The second-order valence-electron chi connectivity index (χ2n) is 2.45. The smallest absolute Gasteiger partial charge is 0.233 e. The van der Waals surface area contributed by atoms with Crippen molar-refractivity contribution in [3.05, 3.63) is 38.6 Å². The average molecular weight is 247 g/mol. The highest BCUT2D eigenvalue weighted by molar-refractivity contribution is 9.10. The number of aliphatic hydroxyl groups is 1. The molecule has 1 aromatic heterocycles. The predicted octanol–water partition coefficient (Wildman–Crippen LogP) is 1.15. The van der Waals surface area contributed by atoms with Gasteiger partial charge in [0.1, 0.15) is 10.7 Å². The number of hydrogen-bond acceptors (Lipinski definition) is 4. The highest BCUT2D eigenvalue weighted by Gasteiger charge is 2.13. The molecule has 1 aromatic rings. The Hall–Kier alpha value is -1.01. The van der Waals surface area contributed by atoms with Crippen molar-refractivity contribution >= 4 is 15.9 Å². The Labute approximate surface area is 82.7 Å². The monoisotopic (exact) mass is 246 g/mol. The summed E-state index contributed by atoms with van der Waals surface area (Å²) in [5.74, 6) is 0. The molecule has 0 saturated carbocycles. The summed E-state index contributed by atoms with van der Waals surface area (Å²) in [6.45, 7) is -0.497. The molecular weight excluding hydrogens is 240 g/mol. The normalized spacial score (nSPS) is 12.5. The highest BCUT2D eigenvalue weighted by Crippen LogP contribution is 2.13. The SMILES string of the molecule is O=[N+]([O-])CC(O)c1ccc(Br)nc1. The fraction of sp³-hybridized carbons (Fsp3) is 0.286. The first-order valence-corrected chi connectivity index (χ1v) is 4.30. The Balaban J connectivity index is 2.71. The molecule has 1 rings (SSSR count). The van der Waals surface area contributed by atoms with E-state index in [4.69, 9.17) is 0 Å². The van der Waals surface area contributed by atoms with Gasteiger partial charge in [-0.15, -0.1) is 0 Å². The number of hydrogen-bond donors (Lipinski definition) is 1. The van der Waals surface area contributed by atoms with E-state index in [1.165, 1.54) is 6.20 Å². The van der Waals surface area contributed by atoms with E-state index >= 15 is 0 Å². The zero-order valence-corrected chi connectivity index (χ0v) is 8.14. The van der Waals surface area contributed by atoms with Crippen LogP contribution in [-0.2, 0) is 0 Å². The van der Waals surface area contributed by atoms with Crippen LogP contribution in [0.3, 0.4) is 0 Å². The fourth-order valence-corrected chi connectivity index (χ4v) is 1.07. The van der Waals surface area contributed by atoms with Crippen molar-refractivity contribution in [3.63, 3.8) is 0 Å². The first-order chi connectivity index (χ1) is 6.09. The van der Waals surface area contributed by atoms with Gasteiger partial charge in [-0.1, -0.05) is 6.07 Å². The molecule has 0 aliphatic heterocycles. The number of rotatable bonds is 3. The molecule has 0 spiro atoms. The molecule has 70 valence electrons. The van der Waals surface area contributed by atoms with Gasteiger partial charge in [-0.05, 0) is 22.0 Å². The van der Waals surface area contributed by atoms with Crippen molar-refractivity contribution in [1.82, 2.24) is 4.98 Å². The van der Waals surface area contributed by atoms with Crippen molar-refractivity contribution in [3.8, 4) is 0 Å². The van der Waals surface area contributed by atoms with Crippen LogP contribution in [0.25, 0.3) is 0 Å². The van der Waals surface area contributed by atoms with Crippen LogP contribution >= 0.6 is 15.9 Å². The van der Waals surface area contributed by atoms with Gasteiger partial charge in [-0.3, -0.25) is 10.1 Å². The number of nitro groups is 1. The van der Waals surface area contributed by atoms with Crippen molar-refractivity contribution in [1.29, 1.82) is 0 Å². The van der Waals surface area contributed by atoms with Crippen LogP contribution < -0.4 is 0 Å². The molecule has 1 N–H and O–H groups in total. The van der Waals surface area contributed by atoms with Gasteiger partial charge in [-0.2, -0.15) is 0 Å². The Kier molecular flexibility index (Phi) is 3.32. The van der Waals surface area contributed by atoms with Crippen molar-refractivity contribution < 1.29 is 10.0 Å². The summed E-state index contributed by atoms with van der Waals surface area (Å²) < 4.78 is 0.629. The Bertz CT molecular complexity index is 301. The van der Waals surface area contributed by atoms with Gasteiger partial charge in [0, 0.05) is 16.7 Å². The van der Waals surface area contributed by atoms with Crippen LogP contribution in [0.15, 0.2) is 22.9 Å². The maximum Gasteiger partial charge on any atom is 0.233 e. The molecule has 1 unspecified atom stereocenters. The first kappa shape index (κ1) is 10.1. The number of pyridine rings is 1. The summed E-state index contributed by atoms with van der Waals surface area (Å²) in [5, 5.41) is 19.4. The third kappa shape index (κ3) is 3.08. The Morgan fingerprint density at radius 1 is 1.69 bits per heavy atom. The molecule has 0 bridgehead atoms. The third-order valence-corrected chi connectivity index (χ3v) is 1.93. The van der Waals surface area contributed by atoms with Crippen molar-refractivity contribution in [2.75, 3.05) is 6.54 Å². The van der Waals surface area contributed by atoms with Crippen LogP contribution in [0.5, 0.6) is 0 Å². The summed E-state index contributed by atoms with van der Waals surface area (Å²) in [6, 6.07) is 3.21. The van der Waals surface area contributed by atoms with Crippen molar-refractivity contribution in [2.24, 2.45) is 0 Å². The molecule has 1 heterocycles. The summed E-state index contributed by atoms with van der Waals surface area (Å²) in [5.41, 5.74) is 0.444. The maximum absolute atomic E-state index is 10.1. The summed E-state index contributed by atoms with van der Waals surface area (Å²) in [7, 11) is 0. The van der Waals surface area contributed by atoms with Gasteiger partial charge in [0.2, 0.25) is 6.54 Å². The zero-order valence-electron chi connectivity index (χ0n) is 6.55. The van der Waals surface area contributed by atoms with Crippen LogP contribution in [0.1, 0.15) is 11.7 Å². The van der Waals surface area contributed by atoms with Gasteiger partial charge in [0.05, 0.1) is 0 Å². The van der Waals surface area contributed by atoms with E-state index in [2.05, 4.69) is 20.9 Å². The van der Waals surface area contributed by atoms with Crippen molar-refractivity contribution in [2.45, 2.75) is 6.10 Å². The third-order valence-electron chi connectivity index (χ3n) is 1.46. The molecule has 0 amide bonds. The van der Waals surface area contributed by atoms with E-state index in [0.717, 1.165) is 0 Å². The minimum Gasteiger partial charge on any atom is -0.381 e. The van der Waals surface area contributed by atoms with Crippen LogP contribution in [0, 0.1) is 10.1 Å². The number of halogens is 1. The molecule has 0 aliphatic carbocycles. The van der Waals surface area contributed by atoms with E-state index < -0.39 is 17.6 Å². The topological polar surface area (TPSA) is 76.3 Å². The van der Waals surface area contributed by atoms with Gasteiger partial charge < -0.3 is 5.11 Å². The van der Waals surface area contributed by atoms with Gasteiger partial charge >= 0.3 is 0 Å². The lowest BCUT2D eigenvalue weighted by Gasteiger charge is -2.04. The number of nitrogens with zero attached hydrogens (tertiary/aromatic N) is 2. The van der Waals surface area contributed by atoms with Gasteiger partial charge in [0.15, 0.2) is 0 Å². The van der Waals surface area contributed by atoms with E-state index in [1.54, 1.807) is 12.1 Å². The second-order valence-corrected chi connectivity index (χ2v) is 3.26. The molecule has 0 saturated heterocycles. The number of aliphatic hydroxyl groups excluding tert-OH is 1. The Morgan fingerprint density at radius 3 is 2.85 bits per heavy atom. The summed E-state index contributed by atoms with van der Waals surface area (Å²) in [6.07, 6.45) is 0.314. The standard InChI is InChI=1S/C7H7BrN2O3/c8-7-2-1-5(3-9-7)6(11)4-10(12)13/h1-3,6,11H,4H2.